The molecule has 170 valence electrons. The standard InChI is InChI=1S/C26H28N4O3/c1-19-7-5-8-20(17-19)24-22(18-30(27-24)21-9-3-2-4-10-21)25(31)28-12-14-29(15-13-28)26(32)23-11-6-16-33-23/h2-5,7-10,17-18,23H,6,11-16H2,1H3. The molecular weight excluding hydrogens is 416 g/mol. The SMILES string of the molecule is Cc1cccc(-c2nn(-c3ccccc3)cc2C(=O)N2CCN(C(=O)C3CCCO3)CC2)c1. The smallest absolute Gasteiger partial charge is 0.257 e. The number of piperazine rings is 1. The molecule has 7 heteroatoms. The van der Waals surface area contributed by atoms with Gasteiger partial charge in [-0.15, -0.1) is 0 Å². The molecule has 1 unspecified atom stereocenters. The van der Waals surface area contributed by atoms with Gasteiger partial charge >= 0.3 is 0 Å². The third kappa shape index (κ3) is 4.41. The van der Waals surface area contributed by atoms with E-state index in [1.165, 1.54) is 0 Å². The van der Waals surface area contributed by atoms with Crippen LogP contribution in [0.15, 0.2) is 60.8 Å². The van der Waals surface area contributed by atoms with Crippen molar-refractivity contribution in [2.45, 2.75) is 25.9 Å². The summed E-state index contributed by atoms with van der Waals surface area (Å²) in [6, 6.07) is 17.8. The molecule has 2 aliphatic heterocycles. The minimum atomic E-state index is -0.315. The summed E-state index contributed by atoms with van der Waals surface area (Å²) in [5.74, 6) is -0.00477. The molecule has 2 saturated heterocycles. The maximum absolute atomic E-state index is 13.6. The lowest BCUT2D eigenvalue weighted by molar-refractivity contribution is -0.142. The van der Waals surface area contributed by atoms with E-state index in [0.29, 0.717) is 44.0 Å². The molecule has 1 atom stereocenters. The summed E-state index contributed by atoms with van der Waals surface area (Å²) in [5.41, 5.74) is 4.17. The second-order valence-corrected chi connectivity index (χ2v) is 8.66. The number of carbonyl (C=O) groups is 2. The molecule has 3 heterocycles. The molecule has 7 nitrogen and oxygen atoms in total. The first kappa shape index (κ1) is 21.4. The Bertz CT molecular complexity index is 1140. The highest BCUT2D eigenvalue weighted by Gasteiger charge is 2.32. The Kier molecular flexibility index (Phi) is 5.96. The van der Waals surface area contributed by atoms with Gasteiger partial charge in [0.2, 0.25) is 0 Å². The van der Waals surface area contributed by atoms with E-state index in [2.05, 4.69) is 0 Å². The average Bonchev–Trinajstić information content (AvgIpc) is 3.55. The minimum absolute atomic E-state index is 0.0527. The first-order valence-corrected chi connectivity index (χ1v) is 11.5. The van der Waals surface area contributed by atoms with Crippen LogP contribution in [0.5, 0.6) is 0 Å². The zero-order chi connectivity index (χ0) is 22.8. The van der Waals surface area contributed by atoms with Gasteiger partial charge in [0, 0.05) is 44.5 Å². The van der Waals surface area contributed by atoms with Gasteiger partial charge in [-0.25, -0.2) is 4.68 Å². The highest BCUT2D eigenvalue weighted by molar-refractivity contribution is 6.00. The van der Waals surface area contributed by atoms with E-state index >= 15 is 0 Å². The topological polar surface area (TPSA) is 67.7 Å². The minimum Gasteiger partial charge on any atom is -0.368 e. The normalized spacial score (nSPS) is 18.5. The number of rotatable bonds is 4. The van der Waals surface area contributed by atoms with Crippen LogP contribution in [-0.4, -0.2) is 70.3 Å². The Morgan fingerprint density at radius 1 is 0.970 bits per heavy atom. The lowest BCUT2D eigenvalue weighted by Gasteiger charge is -2.35. The van der Waals surface area contributed by atoms with Crippen LogP contribution in [0.1, 0.15) is 28.8 Å². The first-order chi connectivity index (χ1) is 16.1. The zero-order valence-corrected chi connectivity index (χ0v) is 18.8. The number of hydrogen-bond acceptors (Lipinski definition) is 4. The number of aromatic nitrogens is 2. The van der Waals surface area contributed by atoms with E-state index < -0.39 is 0 Å². The molecule has 2 amide bonds. The number of amides is 2. The van der Waals surface area contributed by atoms with Crippen LogP contribution in [-0.2, 0) is 9.53 Å². The number of para-hydroxylation sites is 1. The second kappa shape index (κ2) is 9.19. The van der Waals surface area contributed by atoms with Gasteiger partial charge < -0.3 is 14.5 Å². The van der Waals surface area contributed by atoms with Crippen molar-refractivity contribution >= 4 is 11.8 Å². The zero-order valence-electron chi connectivity index (χ0n) is 18.8. The van der Waals surface area contributed by atoms with E-state index in [-0.39, 0.29) is 17.9 Å². The van der Waals surface area contributed by atoms with E-state index in [0.717, 1.165) is 29.7 Å². The van der Waals surface area contributed by atoms with E-state index in [1.807, 2.05) is 77.5 Å². The lowest BCUT2D eigenvalue weighted by Crippen LogP contribution is -2.52. The predicted molar refractivity (Wildman–Crippen MR) is 125 cm³/mol. The largest absolute Gasteiger partial charge is 0.368 e. The lowest BCUT2D eigenvalue weighted by atomic mass is 10.0. The fourth-order valence-corrected chi connectivity index (χ4v) is 4.53. The highest BCUT2D eigenvalue weighted by atomic mass is 16.5. The van der Waals surface area contributed by atoms with Gasteiger partial charge in [0.25, 0.3) is 11.8 Å². The summed E-state index contributed by atoms with van der Waals surface area (Å²) in [4.78, 5) is 29.9. The van der Waals surface area contributed by atoms with Crippen molar-refractivity contribution in [3.05, 3.63) is 71.9 Å². The number of ether oxygens (including phenoxy) is 1. The number of benzene rings is 2. The fourth-order valence-electron chi connectivity index (χ4n) is 4.53. The van der Waals surface area contributed by atoms with Crippen molar-refractivity contribution in [2.75, 3.05) is 32.8 Å². The summed E-state index contributed by atoms with van der Waals surface area (Å²) >= 11 is 0. The number of aryl methyl sites for hydroxylation is 1. The van der Waals surface area contributed by atoms with Gasteiger partial charge in [0.05, 0.1) is 11.3 Å². The van der Waals surface area contributed by atoms with Crippen molar-refractivity contribution in [2.24, 2.45) is 0 Å². The van der Waals surface area contributed by atoms with Crippen LogP contribution in [0.2, 0.25) is 0 Å². The summed E-state index contributed by atoms with van der Waals surface area (Å²) < 4.78 is 7.31. The van der Waals surface area contributed by atoms with Gasteiger partial charge in [0.1, 0.15) is 11.8 Å². The molecule has 5 rings (SSSR count). The number of nitrogens with zero attached hydrogens (tertiary/aromatic N) is 4. The van der Waals surface area contributed by atoms with Crippen molar-refractivity contribution in [3.63, 3.8) is 0 Å². The molecule has 0 bridgehead atoms. The molecular formula is C26H28N4O3. The molecule has 0 saturated carbocycles. The Labute approximate surface area is 193 Å². The van der Waals surface area contributed by atoms with Crippen LogP contribution in [0.4, 0.5) is 0 Å². The van der Waals surface area contributed by atoms with Crippen molar-refractivity contribution < 1.29 is 14.3 Å². The van der Waals surface area contributed by atoms with Gasteiger partial charge in [-0.3, -0.25) is 9.59 Å². The van der Waals surface area contributed by atoms with Crippen LogP contribution in [0.3, 0.4) is 0 Å². The third-order valence-corrected chi connectivity index (χ3v) is 6.34. The number of carbonyl (C=O) groups excluding carboxylic acids is 2. The Hall–Kier alpha value is -3.45. The molecule has 1 aromatic heterocycles. The van der Waals surface area contributed by atoms with E-state index in [9.17, 15) is 9.59 Å². The predicted octanol–water partition coefficient (Wildman–Crippen LogP) is 3.31. The Balaban J connectivity index is 1.39. The molecule has 2 fully saturated rings. The van der Waals surface area contributed by atoms with Crippen molar-refractivity contribution in [3.8, 4) is 16.9 Å². The maximum Gasteiger partial charge on any atom is 0.257 e. The van der Waals surface area contributed by atoms with Crippen molar-refractivity contribution in [1.29, 1.82) is 0 Å². The Morgan fingerprint density at radius 2 is 1.73 bits per heavy atom. The van der Waals surface area contributed by atoms with Gasteiger partial charge in [-0.2, -0.15) is 5.10 Å². The summed E-state index contributed by atoms with van der Waals surface area (Å²) in [5, 5.41) is 4.79. The molecule has 33 heavy (non-hydrogen) atoms. The number of hydrogen-bond donors (Lipinski definition) is 0. The van der Waals surface area contributed by atoms with Crippen LogP contribution >= 0.6 is 0 Å². The molecule has 0 aliphatic carbocycles. The highest BCUT2D eigenvalue weighted by Crippen LogP contribution is 2.26. The van der Waals surface area contributed by atoms with Crippen molar-refractivity contribution in [1.82, 2.24) is 19.6 Å². The maximum atomic E-state index is 13.6. The van der Waals surface area contributed by atoms with E-state index in [4.69, 9.17) is 9.84 Å². The molecule has 2 aliphatic rings. The van der Waals surface area contributed by atoms with Crippen LogP contribution < -0.4 is 0 Å². The third-order valence-electron chi connectivity index (χ3n) is 6.34. The molecule has 0 radical (unpaired) electrons. The van der Waals surface area contributed by atoms with Gasteiger partial charge in [0.15, 0.2) is 0 Å². The fraction of sp³-hybridized carbons (Fsp3) is 0.346. The van der Waals surface area contributed by atoms with Gasteiger partial charge in [-0.05, 0) is 38.0 Å². The summed E-state index contributed by atoms with van der Waals surface area (Å²) in [6.07, 6.45) is 3.22. The first-order valence-electron chi connectivity index (χ1n) is 11.5. The molecule has 2 aromatic carbocycles. The van der Waals surface area contributed by atoms with Crippen LogP contribution in [0, 0.1) is 6.92 Å². The monoisotopic (exact) mass is 444 g/mol. The molecule has 3 aromatic rings. The average molecular weight is 445 g/mol. The quantitative estimate of drug-likeness (QED) is 0.619. The summed E-state index contributed by atoms with van der Waals surface area (Å²) in [6.45, 7) is 4.74. The molecule has 0 N–H and O–H groups in total. The van der Waals surface area contributed by atoms with Gasteiger partial charge in [-0.1, -0.05) is 42.0 Å². The van der Waals surface area contributed by atoms with Crippen LogP contribution in [0.25, 0.3) is 16.9 Å². The second-order valence-electron chi connectivity index (χ2n) is 8.66. The molecule has 0 spiro atoms. The summed E-state index contributed by atoms with van der Waals surface area (Å²) in [7, 11) is 0. The van der Waals surface area contributed by atoms with E-state index in [1.54, 1.807) is 4.68 Å². The Morgan fingerprint density at radius 3 is 2.42 bits per heavy atom.